The Hall–Kier alpha value is -0.510. The van der Waals surface area contributed by atoms with Crippen LogP contribution in [0.4, 0.5) is 0 Å². The van der Waals surface area contributed by atoms with Gasteiger partial charge in [0.1, 0.15) is 0 Å². The molecule has 2 N–H and O–H groups in total. The standard InChI is InChI=1S/C18H28N2S/c1-21-16-10-8-15(9-11-16)18(13-19)20-12-4-6-14-5-2-3-7-17(14)20/h8-11,14,17-18H,2-7,12-13,19H2,1H3. The molecule has 116 valence electrons. The summed E-state index contributed by atoms with van der Waals surface area (Å²) >= 11 is 1.81. The van der Waals surface area contributed by atoms with Crippen LogP contribution in [0, 0.1) is 5.92 Å². The van der Waals surface area contributed by atoms with E-state index in [1.54, 1.807) is 11.8 Å². The van der Waals surface area contributed by atoms with Crippen LogP contribution in [0.2, 0.25) is 0 Å². The van der Waals surface area contributed by atoms with Gasteiger partial charge in [-0.25, -0.2) is 0 Å². The molecule has 1 saturated carbocycles. The lowest BCUT2D eigenvalue weighted by molar-refractivity contribution is 0.0276. The van der Waals surface area contributed by atoms with Crippen molar-refractivity contribution in [2.24, 2.45) is 11.7 Å². The fraction of sp³-hybridized carbons (Fsp3) is 0.667. The molecule has 2 nitrogen and oxygen atoms in total. The topological polar surface area (TPSA) is 29.3 Å². The second kappa shape index (κ2) is 7.17. The zero-order chi connectivity index (χ0) is 14.7. The van der Waals surface area contributed by atoms with Crippen LogP contribution < -0.4 is 5.73 Å². The highest BCUT2D eigenvalue weighted by molar-refractivity contribution is 7.98. The summed E-state index contributed by atoms with van der Waals surface area (Å²) in [5.74, 6) is 0.923. The Bertz CT molecular complexity index is 443. The Labute approximate surface area is 133 Å². The maximum Gasteiger partial charge on any atom is 0.0473 e. The molecule has 1 aliphatic carbocycles. The molecule has 1 aliphatic heterocycles. The van der Waals surface area contributed by atoms with Crippen molar-refractivity contribution >= 4 is 11.8 Å². The SMILES string of the molecule is CSc1ccc(C(CN)N2CCCC3CCCCC32)cc1. The summed E-state index contributed by atoms with van der Waals surface area (Å²) in [5, 5.41) is 0. The van der Waals surface area contributed by atoms with Crippen LogP contribution in [0.3, 0.4) is 0 Å². The zero-order valence-electron chi connectivity index (χ0n) is 13.1. The van der Waals surface area contributed by atoms with E-state index in [4.69, 9.17) is 5.73 Å². The number of rotatable bonds is 4. The minimum absolute atomic E-state index is 0.409. The molecule has 0 spiro atoms. The first kappa shape index (κ1) is 15.4. The van der Waals surface area contributed by atoms with E-state index in [0.717, 1.165) is 18.5 Å². The predicted molar refractivity (Wildman–Crippen MR) is 91.7 cm³/mol. The number of likely N-dealkylation sites (tertiary alicyclic amines) is 1. The fourth-order valence-electron chi connectivity index (χ4n) is 4.34. The maximum atomic E-state index is 6.18. The molecule has 2 fully saturated rings. The first-order chi connectivity index (χ1) is 10.3. The molecular formula is C18H28N2S. The third-order valence-electron chi connectivity index (χ3n) is 5.41. The van der Waals surface area contributed by atoms with Gasteiger partial charge in [0.2, 0.25) is 0 Å². The Morgan fingerprint density at radius 3 is 2.57 bits per heavy atom. The lowest BCUT2D eigenvalue weighted by atomic mass is 9.77. The molecule has 3 unspecified atom stereocenters. The Morgan fingerprint density at radius 2 is 1.86 bits per heavy atom. The molecule has 3 heteroatoms. The van der Waals surface area contributed by atoms with Gasteiger partial charge in [0.25, 0.3) is 0 Å². The van der Waals surface area contributed by atoms with E-state index in [1.165, 1.54) is 55.5 Å². The summed E-state index contributed by atoms with van der Waals surface area (Å²) in [6.07, 6.45) is 10.6. The summed E-state index contributed by atoms with van der Waals surface area (Å²) in [6, 6.07) is 10.2. The van der Waals surface area contributed by atoms with Crippen LogP contribution in [0.15, 0.2) is 29.2 Å². The largest absolute Gasteiger partial charge is 0.329 e. The van der Waals surface area contributed by atoms with Crippen molar-refractivity contribution in [3.8, 4) is 0 Å². The van der Waals surface area contributed by atoms with Gasteiger partial charge in [0.05, 0.1) is 0 Å². The molecule has 1 heterocycles. The van der Waals surface area contributed by atoms with E-state index < -0.39 is 0 Å². The molecule has 0 amide bonds. The molecule has 0 radical (unpaired) electrons. The van der Waals surface area contributed by atoms with E-state index in [2.05, 4.69) is 35.4 Å². The summed E-state index contributed by atoms with van der Waals surface area (Å²) in [4.78, 5) is 4.07. The zero-order valence-corrected chi connectivity index (χ0v) is 13.9. The maximum absolute atomic E-state index is 6.18. The number of nitrogens with zero attached hydrogens (tertiary/aromatic N) is 1. The van der Waals surface area contributed by atoms with Crippen molar-refractivity contribution in [1.82, 2.24) is 4.90 Å². The number of nitrogens with two attached hydrogens (primary N) is 1. The molecule has 0 aromatic heterocycles. The molecule has 0 bridgehead atoms. The second-order valence-corrected chi connectivity index (χ2v) is 7.40. The van der Waals surface area contributed by atoms with Gasteiger partial charge in [-0.1, -0.05) is 25.0 Å². The van der Waals surface area contributed by atoms with E-state index >= 15 is 0 Å². The monoisotopic (exact) mass is 304 g/mol. The van der Waals surface area contributed by atoms with Crippen molar-refractivity contribution in [1.29, 1.82) is 0 Å². The molecular weight excluding hydrogens is 276 g/mol. The van der Waals surface area contributed by atoms with E-state index in [1.807, 2.05) is 0 Å². The van der Waals surface area contributed by atoms with Gasteiger partial charge in [-0.2, -0.15) is 0 Å². The van der Waals surface area contributed by atoms with Gasteiger partial charge in [0, 0.05) is 23.5 Å². The molecule has 1 saturated heterocycles. The summed E-state index contributed by atoms with van der Waals surface area (Å²) in [5.41, 5.74) is 7.59. The molecule has 3 rings (SSSR count). The molecule has 3 atom stereocenters. The number of fused-ring (bicyclic) bond motifs is 1. The first-order valence-corrected chi connectivity index (χ1v) is 9.65. The van der Waals surface area contributed by atoms with Crippen molar-refractivity contribution in [3.05, 3.63) is 29.8 Å². The second-order valence-electron chi connectivity index (χ2n) is 6.52. The van der Waals surface area contributed by atoms with Gasteiger partial charge in [0.15, 0.2) is 0 Å². The highest BCUT2D eigenvalue weighted by atomic mass is 32.2. The van der Waals surface area contributed by atoms with Crippen molar-refractivity contribution in [2.45, 2.75) is 55.5 Å². The van der Waals surface area contributed by atoms with Crippen LogP contribution in [-0.2, 0) is 0 Å². The Morgan fingerprint density at radius 1 is 1.14 bits per heavy atom. The summed E-state index contributed by atoms with van der Waals surface area (Å²) in [6.45, 7) is 1.97. The normalized spacial score (nSPS) is 28.1. The van der Waals surface area contributed by atoms with Gasteiger partial charge < -0.3 is 5.73 Å². The fourth-order valence-corrected chi connectivity index (χ4v) is 4.75. The highest BCUT2D eigenvalue weighted by Gasteiger charge is 2.36. The van der Waals surface area contributed by atoms with Gasteiger partial charge in [-0.15, -0.1) is 11.8 Å². The number of thioether (sulfide) groups is 1. The predicted octanol–water partition coefficient (Wildman–Crippen LogP) is 4.06. The molecule has 21 heavy (non-hydrogen) atoms. The van der Waals surface area contributed by atoms with Crippen molar-refractivity contribution < 1.29 is 0 Å². The Kier molecular flexibility index (Phi) is 5.25. The highest BCUT2D eigenvalue weighted by Crippen LogP contribution is 2.39. The van der Waals surface area contributed by atoms with Crippen molar-refractivity contribution in [3.63, 3.8) is 0 Å². The lowest BCUT2D eigenvalue weighted by Crippen LogP contribution is -2.49. The number of hydrogen-bond acceptors (Lipinski definition) is 3. The summed E-state index contributed by atoms with van der Waals surface area (Å²) in [7, 11) is 0. The minimum Gasteiger partial charge on any atom is -0.329 e. The van der Waals surface area contributed by atoms with Crippen LogP contribution in [0.25, 0.3) is 0 Å². The summed E-state index contributed by atoms with van der Waals surface area (Å²) < 4.78 is 0. The quantitative estimate of drug-likeness (QED) is 0.851. The average Bonchev–Trinajstić information content (AvgIpc) is 2.56. The van der Waals surface area contributed by atoms with Crippen LogP contribution in [0.5, 0.6) is 0 Å². The van der Waals surface area contributed by atoms with E-state index in [0.29, 0.717) is 6.04 Å². The average molecular weight is 305 g/mol. The smallest absolute Gasteiger partial charge is 0.0473 e. The Balaban J connectivity index is 1.80. The number of benzene rings is 1. The van der Waals surface area contributed by atoms with Gasteiger partial charge >= 0.3 is 0 Å². The van der Waals surface area contributed by atoms with Crippen LogP contribution >= 0.6 is 11.8 Å². The minimum atomic E-state index is 0.409. The number of piperidine rings is 1. The van der Waals surface area contributed by atoms with Crippen molar-refractivity contribution in [2.75, 3.05) is 19.3 Å². The molecule has 2 aliphatic rings. The lowest BCUT2D eigenvalue weighted by Gasteiger charge is -2.47. The molecule has 1 aromatic rings. The molecule has 1 aromatic carbocycles. The third-order valence-corrected chi connectivity index (χ3v) is 6.15. The third kappa shape index (κ3) is 3.30. The van der Waals surface area contributed by atoms with Crippen LogP contribution in [-0.4, -0.2) is 30.3 Å². The number of hydrogen-bond donors (Lipinski definition) is 1. The van der Waals surface area contributed by atoms with E-state index in [-0.39, 0.29) is 0 Å². The van der Waals surface area contributed by atoms with E-state index in [9.17, 15) is 0 Å². The van der Waals surface area contributed by atoms with Crippen LogP contribution in [0.1, 0.15) is 50.1 Å². The van der Waals surface area contributed by atoms with Gasteiger partial charge in [-0.05, 0) is 62.1 Å². The first-order valence-electron chi connectivity index (χ1n) is 8.43. The van der Waals surface area contributed by atoms with Gasteiger partial charge in [-0.3, -0.25) is 4.90 Å².